The first-order valence-electron chi connectivity index (χ1n) is 9.37. The molecule has 1 fully saturated rings. The Kier molecular flexibility index (Phi) is 4.77. The highest BCUT2D eigenvalue weighted by Crippen LogP contribution is 2.34. The van der Waals surface area contributed by atoms with Crippen molar-refractivity contribution in [2.24, 2.45) is 0 Å². The van der Waals surface area contributed by atoms with E-state index in [1.807, 2.05) is 26.0 Å². The van der Waals surface area contributed by atoms with E-state index in [1.165, 1.54) is 0 Å². The first-order chi connectivity index (χ1) is 13.4. The fourth-order valence-corrected chi connectivity index (χ4v) is 3.68. The maximum atomic E-state index is 12.5. The Labute approximate surface area is 163 Å². The van der Waals surface area contributed by atoms with E-state index in [0.29, 0.717) is 30.0 Å². The summed E-state index contributed by atoms with van der Waals surface area (Å²) in [7, 11) is 0. The summed E-state index contributed by atoms with van der Waals surface area (Å²) >= 11 is 0. The van der Waals surface area contributed by atoms with Gasteiger partial charge in [-0.2, -0.15) is 0 Å². The lowest BCUT2D eigenvalue weighted by Gasteiger charge is -2.31. The van der Waals surface area contributed by atoms with Crippen LogP contribution < -0.4 is 15.4 Å². The van der Waals surface area contributed by atoms with E-state index in [9.17, 15) is 9.59 Å². The van der Waals surface area contributed by atoms with Crippen molar-refractivity contribution in [2.45, 2.75) is 44.4 Å². The number of urea groups is 1. The van der Waals surface area contributed by atoms with E-state index in [0.717, 1.165) is 12.0 Å². The van der Waals surface area contributed by atoms with Crippen LogP contribution in [-0.2, 0) is 4.74 Å². The third-order valence-corrected chi connectivity index (χ3v) is 4.95. The normalized spacial score (nSPS) is 22.9. The standard InChI is InChI=1S/C21H23N3O4/c1-21(2)12-17(25)15-11-14(3-4-18(15)28-21)23-20(26)24-16-7-10-27-19(16)13-5-8-22-9-6-13/h3-6,8-9,11,16,19H,7,10,12H2,1-2H3,(H2,23,24,26)/t16-,19+/m1/s1. The maximum absolute atomic E-state index is 12.5. The molecule has 2 aliphatic rings. The number of benzene rings is 1. The van der Waals surface area contributed by atoms with Gasteiger partial charge in [-0.25, -0.2) is 4.79 Å². The minimum atomic E-state index is -0.513. The third-order valence-electron chi connectivity index (χ3n) is 4.95. The summed E-state index contributed by atoms with van der Waals surface area (Å²) in [5, 5.41) is 5.78. The molecule has 2 aliphatic heterocycles. The van der Waals surface area contributed by atoms with E-state index in [1.54, 1.807) is 30.6 Å². The third kappa shape index (κ3) is 3.84. The van der Waals surface area contributed by atoms with Crippen molar-refractivity contribution in [2.75, 3.05) is 11.9 Å². The summed E-state index contributed by atoms with van der Waals surface area (Å²) in [5.74, 6) is 0.561. The van der Waals surface area contributed by atoms with Crippen LogP contribution in [-0.4, -0.2) is 35.0 Å². The number of hydrogen-bond acceptors (Lipinski definition) is 5. The smallest absolute Gasteiger partial charge is 0.319 e. The Bertz CT molecular complexity index is 898. The molecule has 7 heteroatoms. The first-order valence-corrected chi connectivity index (χ1v) is 9.37. The summed E-state index contributed by atoms with van der Waals surface area (Å²) < 4.78 is 11.6. The average molecular weight is 381 g/mol. The highest BCUT2D eigenvalue weighted by Gasteiger charge is 2.33. The molecule has 1 saturated heterocycles. The van der Waals surface area contributed by atoms with E-state index in [-0.39, 0.29) is 24.0 Å². The van der Waals surface area contributed by atoms with E-state index in [2.05, 4.69) is 15.6 Å². The quantitative estimate of drug-likeness (QED) is 0.850. The number of anilines is 1. The summed E-state index contributed by atoms with van der Waals surface area (Å²) in [6.45, 7) is 4.35. The zero-order valence-electron chi connectivity index (χ0n) is 15.9. The van der Waals surface area contributed by atoms with Crippen LogP contribution in [0.3, 0.4) is 0 Å². The predicted molar refractivity (Wildman–Crippen MR) is 104 cm³/mol. The number of carbonyl (C=O) groups is 2. The second-order valence-corrected chi connectivity index (χ2v) is 7.74. The Morgan fingerprint density at radius 2 is 2.00 bits per heavy atom. The van der Waals surface area contributed by atoms with Gasteiger partial charge < -0.3 is 20.1 Å². The van der Waals surface area contributed by atoms with Crippen LogP contribution >= 0.6 is 0 Å². The van der Waals surface area contributed by atoms with Crippen molar-refractivity contribution in [1.29, 1.82) is 0 Å². The molecule has 0 aliphatic carbocycles. The number of ether oxygens (including phenoxy) is 2. The van der Waals surface area contributed by atoms with Crippen LogP contribution in [0.1, 0.15) is 48.7 Å². The summed E-state index contributed by atoms with van der Waals surface area (Å²) in [6.07, 6.45) is 4.26. The van der Waals surface area contributed by atoms with E-state index in [4.69, 9.17) is 9.47 Å². The van der Waals surface area contributed by atoms with Crippen LogP contribution in [0.5, 0.6) is 5.75 Å². The predicted octanol–water partition coefficient (Wildman–Crippen LogP) is 3.48. The van der Waals surface area contributed by atoms with Gasteiger partial charge >= 0.3 is 6.03 Å². The van der Waals surface area contributed by atoms with Gasteiger partial charge in [-0.1, -0.05) is 0 Å². The lowest BCUT2D eigenvalue weighted by molar-refractivity contribution is 0.0620. The lowest BCUT2D eigenvalue weighted by atomic mass is 9.93. The Morgan fingerprint density at radius 1 is 1.21 bits per heavy atom. The number of ketones is 1. The fourth-order valence-electron chi connectivity index (χ4n) is 3.68. The highest BCUT2D eigenvalue weighted by molar-refractivity contribution is 6.02. The summed E-state index contributed by atoms with van der Waals surface area (Å²) in [5.41, 5.74) is 1.51. The van der Waals surface area contributed by atoms with Gasteiger partial charge in [0.2, 0.25) is 0 Å². The second kappa shape index (κ2) is 7.24. The van der Waals surface area contributed by atoms with E-state index < -0.39 is 5.60 Å². The largest absolute Gasteiger partial charge is 0.487 e. The number of nitrogens with one attached hydrogen (secondary N) is 2. The van der Waals surface area contributed by atoms with Gasteiger partial charge in [0.15, 0.2) is 5.78 Å². The number of hydrogen-bond donors (Lipinski definition) is 2. The van der Waals surface area contributed by atoms with Crippen LogP contribution in [0.4, 0.5) is 10.5 Å². The van der Waals surface area contributed by atoms with Gasteiger partial charge in [0.1, 0.15) is 17.5 Å². The number of carbonyl (C=O) groups excluding carboxylic acids is 2. The Morgan fingerprint density at radius 3 is 2.79 bits per heavy atom. The van der Waals surface area contributed by atoms with Gasteiger partial charge in [-0.15, -0.1) is 0 Å². The molecule has 3 heterocycles. The topological polar surface area (TPSA) is 89.6 Å². The molecule has 0 bridgehead atoms. The molecule has 0 spiro atoms. The zero-order chi connectivity index (χ0) is 19.7. The number of amides is 2. The van der Waals surface area contributed by atoms with Crippen molar-refractivity contribution in [3.05, 3.63) is 53.9 Å². The van der Waals surface area contributed by atoms with Gasteiger partial charge in [-0.05, 0) is 56.2 Å². The molecule has 28 heavy (non-hydrogen) atoms. The number of rotatable bonds is 3. The zero-order valence-corrected chi connectivity index (χ0v) is 15.9. The van der Waals surface area contributed by atoms with Gasteiger partial charge in [-0.3, -0.25) is 9.78 Å². The van der Waals surface area contributed by atoms with Crippen molar-refractivity contribution >= 4 is 17.5 Å². The fraction of sp³-hybridized carbons (Fsp3) is 0.381. The monoisotopic (exact) mass is 381 g/mol. The van der Waals surface area contributed by atoms with Crippen molar-refractivity contribution < 1.29 is 19.1 Å². The molecule has 7 nitrogen and oxygen atoms in total. The lowest BCUT2D eigenvalue weighted by Crippen LogP contribution is -2.39. The molecule has 4 rings (SSSR count). The van der Waals surface area contributed by atoms with Crippen LogP contribution in [0.15, 0.2) is 42.7 Å². The number of Topliss-reactive ketones (excluding diaryl/α,β-unsaturated/α-hetero) is 1. The molecular formula is C21H23N3O4. The summed E-state index contributed by atoms with van der Waals surface area (Å²) in [6, 6.07) is 8.43. The second-order valence-electron chi connectivity index (χ2n) is 7.74. The molecule has 2 atom stereocenters. The Balaban J connectivity index is 1.43. The maximum Gasteiger partial charge on any atom is 0.319 e. The molecule has 2 aromatic rings. The summed E-state index contributed by atoms with van der Waals surface area (Å²) in [4.78, 5) is 28.9. The molecule has 0 saturated carbocycles. The minimum Gasteiger partial charge on any atom is -0.487 e. The van der Waals surface area contributed by atoms with Crippen LogP contribution in [0.25, 0.3) is 0 Å². The number of fused-ring (bicyclic) bond motifs is 1. The molecule has 2 amide bonds. The molecule has 0 radical (unpaired) electrons. The first kappa shape index (κ1) is 18.4. The van der Waals surface area contributed by atoms with Crippen molar-refractivity contribution in [1.82, 2.24) is 10.3 Å². The van der Waals surface area contributed by atoms with Crippen LogP contribution in [0.2, 0.25) is 0 Å². The van der Waals surface area contributed by atoms with Crippen molar-refractivity contribution in [3.63, 3.8) is 0 Å². The minimum absolute atomic E-state index is 0.0113. The SMILES string of the molecule is CC1(C)CC(=O)c2cc(NC(=O)N[C@@H]3CCO[C@H]3c3ccncc3)ccc2O1. The molecule has 0 unspecified atom stereocenters. The number of nitrogens with zero attached hydrogens (tertiary/aromatic N) is 1. The molecule has 1 aromatic heterocycles. The number of aromatic nitrogens is 1. The molecule has 2 N–H and O–H groups in total. The molecule has 146 valence electrons. The van der Waals surface area contributed by atoms with Gasteiger partial charge in [0.05, 0.1) is 18.0 Å². The molecule has 1 aromatic carbocycles. The average Bonchev–Trinajstić information content (AvgIpc) is 3.10. The highest BCUT2D eigenvalue weighted by atomic mass is 16.5. The molecular weight excluding hydrogens is 358 g/mol. The van der Waals surface area contributed by atoms with Crippen LogP contribution in [0, 0.1) is 0 Å². The number of pyridine rings is 1. The van der Waals surface area contributed by atoms with Crippen molar-refractivity contribution in [3.8, 4) is 5.75 Å². The Hall–Kier alpha value is -2.93. The van der Waals surface area contributed by atoms with Gasteiger partial charge in [0, 0.05) is 24.7 Å². The van der Waals surface area contributed by atoms with E-state index >= 15 is 0 Å². The van der Waals surface area contributed by atoms with Gasteiger partial charge in [0.25, 0.3) is 0 Å².